The second kappa shape index (κ2) is 4.13. The summed E-state index contributed by atoms with van der Waals surface area (Å²) in [6.45, 7) is 5.31. The Balaban J connectivity index is 1.82. The molecular weight excluding hydrogens is 174 g/mol. The van der Waals surface area contributed by atoms with E-state index in [-0.39, 0.29) is 0 Å². The molecule has 14 heavy (non-hydrogen) atoms. The predicted molar refractivity (Wildman–Crippen MR) is 57.4 cm³/mol. The molecule has 3 nitrogen and oxygen atoms in total. The summed E-state index contributed by atoms with van der Waals surface area (Å²) in [6.07, 6.45) is 4.77. The minimum atomic E-state index is 0.803. The van der Waals surface area contributed by atoms with Crippen LogP contribution in [-0.2, 0) is 12.8 Å². The lowest BCUT2D eigenvalue weighted by molar-refractivity contribution is 0.668. The van der Waals surface area contributed by atoms with Gasteiger partial charge in [0.2, 0.25) is 0 Å². The average molecular weight is 193 g/mol. The number of imidazole rings is 1. The summed E-state index contributed by atoms with van der Waals surface area (Å²) in [6, 6.07) is 0.803. The zero-order valence-corrected chi connectivity index (χ0v) is 9.06. The number of aryl methyl sites for hydroxylation is 2. The Bertz CT molecular complexity index is 299. The largest absolute Gasteiger partial charge is 0.346 e. The van der Waals surface area contributed by atoms with Gasteiger partial charge in [0.25, 0.3) is 0 Å². The van der Waals surface area contributed by atoms with Crippen molar-refractivity contribution in [2.75, 3.05) is 6.54 Å². The van der Waals surface area contributed by atoms with Crippen molar-refractivity contribution in [1.29, 1.82) is 0 Å². The van der Waals surface area contributed by atoms with Crippen LogP contribution < -0.4 is 5.32 Å². The highest BCUT2D eigenvalue weighted by molar-refractivity contribution is 5.12. The Morgan fingerprint density at radius 2 is 2.29 bits per heavy atom. The summed E-state index contributed by atoms with van der Waals surface area (Å²) >= 11 is 0. The van der Waals surface area contributed by atoms with Crippen LogP contribution in [0, 0.1) is 6.92 Å². The Labute approximate surface area is 85.3 Å². The van der Waals surface area contributed by atoms with Gasteiger partial charge >= 0.3 is 0 Å². The van der Waals surface area contributed by atoms with Gasteiger partial charge < -0.3 is 10.3 Å². The standard InChI is InChI=1S/C11H19N3/c1-3-10-8(2)13-11(14-10)6-7-12-9-4-5-9/h9,12H,3-7H2,1-2H3,(H,13,14). The molecule has 0 aromatic carbocycles. The normalized spacial score (nSPS) is 16.1. The van der Waals surface area contributed by atoms with Crippen LogP contribution in [-0.4, -0.2) is 22.6 Å². The van der Waals surface area contributed by atoms with Crippen molar-refractivity contribution < 1.29 is 0 Å². The second-order valence-corrected chi connectivity index (χ2v) is 4.09. The maximum Gasteiger partial charge on any atom is 0.107 e. The monoisotopic (exact) mass is 193 g/mol. The summed E-state index contributed by atoms with van der Waals surface area (Å²) in [5.41, 5.74) is 2.44. The fraction of sp³-hybridized carbons (Fsp3) is 0.727. The summed E-state index contributed by atoms with van der Waals surface area (Å²) in [7, 11) is 0. The molecule has 0 radical (unpaired) electrons. The van der Waals surface area contributed by atoms with Crippen molar-refractivity contribution in [3.05, 3.63) is 17.2 Å². The highest BCUT2D eigenvalue weighted by Gasteiger charge is 2.19. The van der Waals surface area contributed by atoms with E-state index in [2.05, 4.69) is 29.1 Å². The molecule has 0 spiro atoms. The second-order valence-electron chi connectivity index (χ2n) is 4.09. The Kier molecular flexibility index (Phi) is 2.87. The summed E-state index contributed by atoms with van der Waals surface area (Å²) in [4.78, 5) is 7.89. The first-order valence-corrected chi connectivity index (χ1v) is 5.57. The van der Waals surface area contributed by atoms with E-state index in [1.165, 1.54) is 24.2 Å². The fourth-order valence-corrected chi connectivity index (χ4v) is 1.71. The van der Waals surface area contributed by atoms with Gasteiger partial charge in [-0.25, -0.2) is 4.98 Å². The van der Waals surface area contributed by atoms with Crippen molar-refractivity contribution in [3.8, 4) is 0 Å². The van der Waals surface area contributed by atoms with Gasteiger partial charge in [-0.1, -0.05) is 6.92 Å². The van der Waals surface area contributed by atoms with Crippen LogP contribution in [0.2, 0.25) is 0 Å². The van der Waals surface area contributed by atoms with Crippen molar-refractivity contribution in [3.63, 3.8) is 0 Å². The van der Waals surface area contributed by atoms with Crippen LogP contribution in [0.3, 0.4) is 0 Å². The molecule has 0 atom stereocenters. The molecule has 1 aliphatic rings. The lowest BCUT2D eigenvalue weighted by Crippen LogP contribution is -2.19. The van der Waals surface area contributed by atoms with Crippen LogP contribution >= 0.6 is 0 Å². The molecule has 1 fully saturated rings. The van der Waals surface area contributed by atoms with Gasteiger partial charge in [-0.15, -0.1) is 0 Å². The van der Waals surface area contributed by atoms with E-state index in [1.54, 1.807) is 0 Å². The smallest absolute Gasteiger partial charge is 0.107 e. The third kappa shape index (κ3) is 2.35. The first kappa shape index (κ1) is 9.71. The SMILES string of the molecule is CCc1nc(CCNC2CC2)[nH]c1C. The number of aromatic nitrogens is 2. The van der Waals surface area contributed by atoms with E-state index in [9.17, 15) is 0 Å². The maximum absolute atomic E-state index is 4.55. The number of nitrogens with zero attached hydrogens (tertiary/aromatic N) is 1. The highest BCUT2D eigenvalue weighted by atomic mass is 15.0. The average Bonchev–Trinajstić information content (AvgIpc) is 2.91. The first-order valence-electron chi connectivity index (χ1n) is 5.57. The van der Waals surface area contributed by atoms with Gasteiger partial charge in [-0.05, 0) is 26.2 Å². The molecular formula is C11H19N3. The zero-order valence-electron chi connectivity index (χ0n) is 9.06. The molecule has 1 aromatic rings. The molecule has 2 N–H and O–H groups in total. The minimum absolute atomic E-state index is 0.803. The number of hydrogen-bond acceptors (Lipinski definition) is 2. The van der Waals surface area contributed by atoms with Crippen LogP contribution in [0.25, 0.3) is 0 Å². The topological polar surface area (TPSA) is 40.7 Å². The van der Waals surface area contributed by atoms with Crippen molar-refractivity contribution in [1.82, 2.24) is 15.3 Å². The van der Waals surface area contributed by atoms with Crippen LogP contribution in [0.5, 0.6) is 0 Å². The Morgan fingerprint density at radius 1 is 1.50 bits per heavy atom. The highest BCUT2D eigenvalue weighted by Crippen LogP contribution is 2.18. The van der Waals surface area contributed by atoms with E-state index in [0.29, 0.717) is 0 Å². The number of aromatic amines is 1. The van der Waals surface area contributed by atoms with Crippen LogP contribution in [0.15, 0.2) is 0 Å². The molecule has 78 valence electrons. The quantitative estimate of drug-likeness (QED) is 0.745. The van der Waals surface area contributed by atoms with Gasteiger partial charge in [0.15, 0.2) is 0 Å². The first-order chi connectivity index (χ1) is 6.79. The van der Waals surface area contributed by atoms with E-state index < -0.39 is 0 Å². The third-order valence-electron chi connectivity index (χ3n) is 2.74. The number of hydrogen-bond donors (Lipinski definition) is 2. The van der Waals surface area contributed by atoms with Crippen molar-refractivity contribution in [2.45, 2.75) is 45.6 Å². The Hall–Kier alpha value is -0.830. The lowest BCUT2D eigenvalue weighted by atomic mass is 10.3. The molecule has 0 aliphatic heterocycles. The molecule has 1 aromatic heterocycles. The fourth-order valence-electron chi connectivity index (χ4n) is 1.71. The molecule has 0 saturated heterocycles. The molecule has 2 rings (SSSR count). The number of rotatable bonds is 5. The summed E-state index contributed by atoms with van der Waals surface area (Å²) in [5.74, 6) is 1.13. The van der Waals surface area contributed by atoms with Crippen LogP contribution in [0.4, 0.5) is 0 Å². The van der Waals surface area contributed by atoms with Crippen LogP contribution in [0.1, 0.15) is 37.0 Å². The van der Waals surface area contributed by atoms with E-state index in [4.69, 9.17) is 0 Å². The van der Waals surface area contributed by atoms with Gasteiger partial charge in [0, 0.05) is 24.7 Å². The third-order valence-corrected chi connectivity index (χ3v) is 2.74. The molecule has 1 heterocycles. The molecule has 3 heteroatoms. The molecule has 1 saturated carbocycles. The van der Waals surface area contributed by atoms with E-state index in [0.717, 1.165) is 31.3 Å². The van der Waals surface area contributed by atoms with E-state index >= 15 is 0 Å². The van der Waals surface area contributed by atoms with Crippen molar-refractivity contribution in [2.24, 2.45) is 0 Å². The lowest BCUT2D eigenvalue weighted by Gasteiger charge is -1.98. The summed E-state index contributed by atoms with van der Waals surface area (Å²) in [5, 5.41) is 3.49. The predicted octanol–water partition coefficient (Wildman–Crippen LogP) is 1.58. The van der Waals surface area contributed by atoms with E-state index in [1.807, 2.05) is 0 Å². The van der Waals surface area contributed by atoms with Gasteiger partial charge in [0.1, 0.15) is 5.82 Å². The molecule has 1 aliphatic carbocycles. The maximum atomic E-state index is 4.55. The molecule has 0 amide bonds. The minimum Gasteiger partial charge on any atom is -0.346 e. The number of nitrogens with one attached hydrogen (secondary N) is 2. The summed E-state index contributed by atoms with van der Waals surface area (Å²) < 4.78 is 0. The molecule has 0 bridgehead atoms. The van der Waals surface area contributed by atoms with Gasteiger partial charge in [-0.3, -0.25) is 0 Å². The van der Waals surface area contributed by atoms with Crippen molar-refractivity contribution >= 4 is 0 Å². The molecule has 0 unspecified atom stereocenters. The van der Waals surface area contributed by atoms with Gasteiger partial charge in [0.05, 0.1) is 5.69 Å². The van der Waals surface area contributed by atoms with Gasteiger partial charge in [-0.2, -0.15) is 0 Å². The zero-order chi connectivity index (χ0) is 9.97. The Morgan fingerprint density at radius 3 is 2.86 bits per heavy atom. The number of H-pyrrole nitrogens is 1.